The molecule has 0 heterocycles. The van der Waals surface area contributed by atoms with Gasteiger partial charge >= 0.3 is 0 Å². The van der Waals surface area contributed by atoms with E-state index in [9.17, 15) is 20.3 Å². The van der Waals surface area contributed by atoms with Gasteiger partial charge in [0.2, 0.25) is 0 Å². The van der Waals surface area contributed by atoms with Crippen LogP contribution >= 0.6 is 0 Å². The van der Waals surface area contributed by atoms with Crippen LogP contribution in [-0.4, -0.2) is 44.3 Å². The SMILES string of the molecule is CC(C)(C)N(C[C@H](O)c1ccc([N+](=O)[O-])cc1)[C@@H]1CCCC[C@H]1O. The molecule has 1 aliphatic rings. The Morgan fingerprint density at radius 3 is 2.33 bits per heavy atom. The van der Waals surface area contributed by atoms with E-state index in [2.05, 4.69) is 25.7 Å². The molecule has 0 amide bonds. The number of nitro groups is 1. The van der Waals surface area contributed by atoms with Gasteiger partial charge in [0.15, 0.2) is 0 Å². The van der Waals surface area contributed by atoms with E-state index < -0.39 is 11.0 Å². The number of hydrogen-bond acceptors (Lipinski definition) is 5. The minimum Gasteiger partial charge on any atom is -0.391 e. The first-order chi connectivity index (χ1) is 11.2. The Labute approximate surface area is 143 Å². The molecule has 2 rings (SSSR count). The van der Waals surface area contributed by atoms with E-state index in [1.165, 1.54) is 12.1 Å². The maximum atomic E-state index is 10.7. The first kappa shape index (κ1) is 18.8. The van der Waals surface area contributed by atoms with Gasteiger partial charge in [-0.25, -0.2) is 0 Å². The van der Waals surface area contributed by atoms with Crippen molar-refractivity contribution >= 4 is 5.69 Å². The predicted octanol–water partition coefficient (Wildman–Crippen LogP) is 3.03. The monoisotopic (exact) mass is 336 g/mol. The molecular weight excluding hydrogens is 308 g/mol. The number of non-ortho nitro benzene ring substituents is 1. The molecule has 0 unspecified atom stereocenters. The average Bonchev–Trinajstić information content (AvgIpc) is 2.52. The summed E-state index contributed by atoms with van der Waals surface area (Å²) < 4.78 is 0. The number of nitrogens with zero attached hydrogens (tertiary/aromatic N) is 2. The van der Waals surface area contributed by atoms with Gasteiger partial charge in [0, 0.05) is 30.3 Å². The number of aliphatic hydroxyl groups is 2. The third kappa shape index (κ3) is 4.53. The summed E-state index contributed by atoms with van der Waals surface area (Å²) in [6, 6.07) is 6.05. The van der Waals surface area contributed by atoms with Gasteiger partial charge in [-0.15, -0.1) is 0 Å². The molecule has 1 fully saturated rings. The Morgan fingerprint density at radius 2 is 1.83 bits per heavy atom. The summed E-state index contributed by atoms with van der Waals surface area (Å²) in [5, 5.41) is 31.7. The molecule has 0 aliphatic heterocycles. The maximum absolute atomic E-state index is 10.7. The van der Waals surface area contributed by atoms with Crippen molar-refractivity contribution in [2.75, 3.05) is 6.54 Å². The summed E-state index contributed by atoms with van der Waals surface area (Å²) >= 11 is 0. The van der Waals surface area contributed by atoms with Crippen LogP contribution in [0.3, 0.4) is 0 Å². The van der Waals surface area contributed by atoms with Gasteiger partial charge in [-0.1, -0.05) is 12.8 Å². The topological polar surface area (TPSA) is 86.8 Å². The number of β-amino-alcohol motifs (C(OH)–C–C–N with tert-alkyl or cyclic N) is 1. The summed E-state index contributed by atoms with van der Waals surface area (Å²) in [5.41, 5.74) is 0.478. The normalized spacial score (nSPS) is 23.2. The van der Waals surface area contributed by atoms with E-state index in [1.54, 1.807) is 12.1 Å². The van der Waals surface area contributed by atoms with Crippen LogP contribution in [-0.2, 0) is 0 Å². The summed E-state index contributed by atoms with van der Waals surface area (Å²) in [5.74, 6) is 0. The van der Waals surface area contributed by atoms with Crippen LogP contribution in [0.5, 0.6) is 0 Å². The zero-order valence-electron chi connectivity index (χ0n) is 14.7. The van der Waals surface area contributed by atoms with Crippen molar-refractivity contribution < 1.29 is 15.1 Å². The van der Waals surface area contributed by atoms with Gasteiger partial charge < -0.3 is 10.2 Å². The quantitative estimate of drug-likeness (QED) is 0.637. The Bertz CT molecular complexity index is 553. The van der Waals surface area contributed by atoms with E-state index in [4.69, 9.17) is 0 Å². The number of hydrogen-bond donors (Lipinski definition) is 2. The predicted molar refractivity (Wildman–Crippen MR) is 92.8 cm³/mol. The zero-order chi connectivity index (χ0) is 17.9. The summed E-state index contributed by atoms with van der Waals surface area (Å²) in [4.78, 5) is 12.5. The van der Waals surface area contributed by atoms with Crippen molar-refractivity contribution in [1.29, 1.82) is 0 Å². The van der Waals surface area contributed by atoms with Crippen molar-refractivity contribution in [2.24, 2.45) is 0 Å². The van der Waals surface area contributed by atoms with E-state index in [0.717, 1.165) is 25.7 Å². The molecule has 1 aromatic rings. The molecule has 0 radical (unpaired) electrons. The van der Waals surface area contributed by atoms with Crippen LogP contribution < -0.4 is 0 Å². The molecule has 0 aromatic heterocycles. The van der Waals surface area contributed by atoms with Crippen molar-refractivity contribution in [3.63, 3.8) is 0 Å². The van der Waals surface area contributed by atoms with Crippen molar-refractivity contribution in [3.8, 4) is 0 Å². The highest BCUT2D eigenvalue weighted by molar-refractivity contribution is 5.33. The second-order valence-electron chi connectivity index (χ2n) is 7.61. The third-order valence-corrected chi connectivity index (χ3v) is 4.81. The Balaban J connectivity index is 2.14. The van der Waals surface area contributed by atoms with Crippen molar-refractivity contribution in [1.82, 2.24) is 4.90 Å². The molecule has 1 aromatic carbocycles. The lowest BCUT2D eigenvalue weighted by Crippen LogP contribution is -2.55. The smallest absolute Gasteiger partial charge is 0.269 e. The van der Waals surface area contributed by atoms with Crippen LogP contribution in [0.4, 0.5) is 5.69 Å². The molecular formula is C18H28N2O4. The van der Waals surface area contributed by atoms with E-state index in [1.807, 2.05) is 0 Å². The number of benzene rings is 1. The lowest BCUT2D eigenvalue weighted by Gasteiger charge is -2.46. The van der Waals surface area contributed by atoms with Gasteiger partial charge in [0.1, 0.15) is 0 Å². The number of nitro benzene ring substituents is 1. The fourth-order valence-electron chi connectivity index (χ4n) is 3.47. The highest BCUT2D eigenvalue weighted by atomic mass is 16.6. The molecule has 1 saturated carbocycles. The third-order valence-electron chi connectivity index (χ3n) is 4.81. The molecule has 6 heteroatoms. The second-order valence-corrected chi connectivity index (χ2v) is 7.61. The Morgan fingerprint density at radius 1 is 1.25 bits per heavy atom. The molecule has 24 heavy (non-hydrogen) atoms. The highest BCUT2D eigenvalue weighted by Gasteiger charge is 2.36. The van der Waals surface area contributed by atoms with E-state index in [-0.39, 0.29) is 23.4 Å². The van der Waals surface area contributed by atoms with Crippen LogP contribution in [0.2, 0.25) is 0 Å². The fourth-order valence-corrected chi connectivity index (χ4v) is 3.47. The minimum absolute atomic E-state index is 0.0151. The average molecular weight is 336 g/mol. The molecule has 1 aliphatic carbocycles. The van der Waals surface area contributed by atoms with Gasteiger partial charge in [-0.05, 0) is 51.3 Å². The molecule has 6 nitrogen and oxygen atoms in total. The molecule has 2 N–H and O–H groups in total. The molecule has 0 bridgehead atoms. The summed E-state index contributed by atoms with van der Waals surface area (Å²) in [6.45, 7) is 6.63. The van der Waals surface area contributed by atoms with Gasteiger partial charge in [-0.2, -0.15) is 0 Å². The zero-order valence-corrected chi connectivity index (χ0v) is 14.7. The lowest BCUT2D eigenvalue weighted by molar-refractivity contribution is -0.384. The van der Waals surface area contributed by atoms with Crippen LogP contribution in [0.1, 0.15) is 58.1 Å². The largest absolute Gasteiger partial charge is 0.391 e. The Kier molecular flexibility index (Phi) is 5.96. The number of rotatable bonds is 5. The second kappa shape index (κ2) is 7.59. The molecule has 0 spiro atoms. The van der Waals surface area contributed by atoms with Crippen LogP contribution in [0.25, 0.3) is 0 Å². The lowest BCUT2D eigenvalue weighted by atomic mass is 9.88. The minimum atomic E-state index is -0.751. The number of aliphatic hydroxyl groups excluding tert-OH is 2. The molecule has 134 valence electrons. The Hall–Kier alpha value is -1.50. The van der Waals surface area contributed by atoms with E-state index >= 15 is 0 Å². The highest BCUT2D eigenvalue weighted by Crippen LogP contribution is 2.31. The maximum Gasteiger partial charge on any atom is 0.269 e. The van der Waals surface area contributed by atoms with Crippen LogP contribution in [0, 0.1) is 10.1 Å². The first-order valence-electron chi connectivity index (χ1n) is 8.57. The van der Waals surface area contributed by atoms with E-state index in [0.29, 0.717) is 12.1 Å². The first-order valence-corrected chi connectivity index (χ1v) is 8.57. The standard InChI is InChI=1S/C18H28N2O4/c1-18(2,3)19(15-6-4-5-7-16(15)21)12-17(22)13-8-10-14(11-9-13)20(23)24/h8-11,15-17,21-22H,4-7,12H2,1-3H3/t15-,16-,17+/m1/s1. The van der Waals surface area contributed by atoms with Crippen LogP contribution in [0.15, 0.2) is 24.3 Å². The summed E-state index contributed by atoms with van der Waals surface area (Å²) in [7, 11) is 0. The van der Waals surface area contributed by atoms with Crippen molar-refractivity contribution in [3.05, 3.63) is 39.9 Å². The van der Waals surface area contributed by atoms with Gasteiger partial charge in [0.25, 0.3) is 5.69 Å². The molecule has 3 atom stereocenters. The van der Waals surface area contributed by atoms with Crippen molar-refractivity contribution in [2.45, 2.75) is 70.2 Å². The fraction of sp³-hybridized carbons (Fsp3) is 0.667. The van der Waals surface area contributed by atoms with Gasteiger partial charge in [0.05, 0.1) is 17.1 Å². The van der Waals surface area contributed by atoms with Gasteiger partial charge in [-0.3, -0.25) is 15.0 Å². The summed E-state index contributed by atoms with van der Waals surface area (Å²) in [6.07, 6.45) is 2.72. The molecule has 0 saturated heterocycles.